The molecule has 1 aromatic rings. The number of amides is 2. The van der Waals surface area contributed by atoms with Crippen molar-refractivity contribution < 1.29 is 18.7 Å². The number of anilines is 1. The lowest BCUT2D eigenvalue weighted by Gasteiger charge is -2.18. The van der Waals surface area contributed by atoms with E-state index in [1.54, 1.807) is 12.1 Å². The van der Waals surface area contributed by atoms with Crippen LogP contribution >= 0.6 is 0 Å². The van der Waals surface area contributed by atoms with Gasteiger partial charge in [0.2, 0.25) is 11.6 Å². The summed E-state index contributed by atoms with van der Waals surface area (Å²) in [6.07, 6.45) is -0.113. The molecule has 5 nitrogen and oxygen atoms in total. The zero-order valence-corrected chi connectivity index (χ0v) is 10.7. The van der Waals surface area contributed by atoms with Crippen molar-refractivity contribution in [3.63, 3.8) is 0 Å². The number of halogens is 1. The summed E-state index contributed by atoms with van der Waals surface area (Å²) in [4.78, 5) is 22.6. The second-order valence-corrected chi connectivity index (χ2v) is 4.40. The Morgan fingerprint density at radius 2 is 2.26 bits per heavy atom. The van der Waals surface area contributed by atoms with Gasteiger partial charge in [0.05, 0.1) is 7.11 Å². The lowest BCUT2D eigenvalue weighted by Crippen LogP contribution is -2.34. The Bertz CT molecular complexity index is 533. The van der Waals surface area contributed by atoms with Gasteiger partial charge in [0.25, 0.3) is 5.91 Å². The minimum atomic E-state index is -2.13. The zero-order valence-electron chi connectivity index (χ0n) is 10.7. The van der Waals surface area contributed by atoms with E-state index in [1.807, 2.05) is 0 Å². The molecule has 2 rings (SSSR count). The molecular formula is C13H15FN2O3. The van der Waals surface area contributed by atoms with Crippen LogP contribution in [0.5, 0.6) is 5.75 Å². The molecule has 2 N–H and O–H groups in total. The zero-order chi connectivity index (χ0) is 14.0. The number of carbonyl (C=O) groups excluding carboxylic acids is 2. The van der Waals surface area contributed by atoms with Crippen LogP contribution in [0.4, 0.5) is 10.1 Å². The normalized spacial score (nSPS) is 20.7. The third kappa shape index (κ3) is 2.38. The smallest absolute Gasteiger partial charge is 0.266 e. The van der Waals surface area contributed by atoms with E-state index < -0.39 is 11.6 Å². The lowest BCUT2D eigenvalue weighted by molar-refractivity contribution is -0.128. The fourth-order valence-electron chi connectivity index (χ4n) is 2.09. The largest absolute Gasteiger partial charge is 0.497 e. The van der Waals surface area contributed by atoms with E-state index in [0.29, 0.717) is 11.4 Å². The molecule has 0 saturated heterocycles. The molecule has 0 aromatic heterocycles. The third-order valence-corrected chi connectivity index (χ3v) is 3.11. The molecule has 0 fully saturated rings. The summed E-state index contributed by atoms with van der Waals surface area (Å²) in [6.45, 7) is 1.44. The number of methoxy groups -OCH3 is 1. The lowest BCUT2D eigenvalue weighted by atomic mass is 9.93. The Morgan fingerprint density at radius 3 is 2.89 bits per heavy atom. The molecule has 6 heteroatoms. The molecule has 1 heterocycles. The van der Waals surface area contributed by atoms with Gasteiger partial charge in [0.15, 0.2) is 0 Å². The highest BCUT2D eigenvalue weighted by molar-refractivity contribution is 6.05. The summed E-state index contributed by atoms with van der Waals surface area (Å²) >= 11 is 0. The standard InChI is InChI=1S/C13H15FN2O3/c1-8(17)15-6-5-13(14)10-7-9(19-2)3-4-11(10)16-12(13)18/h3-4,7H,5-6H2,1-2H3,(H,15,17)(H,16,18). The molecule has 0 spiro atoms. The second-order valence-electron chi connectivity index (χ2n) is 4.40. The predicted molar refractivity (Wildman–Crippen MR) is 67.7 cm³/mol. The van der Waals surface area contributed by atoms with Crippen LogP contribution in [0.25, 0.3) is 0 Å². The molecule has 19 heavy (non-hydrogen) atoms. The van der Waals surface area contributed by atoms with E-state index in [9.17, 15) is 14.0 Å². The first kappa shape index (κ1) is 13.3. The van der Waals surface area contributed by atoms with Crippen LogP contribution in [-0.2, 0) is 15.3 Å². The van der Waals surface area contributed by atoms with Crippen LogP contribution in [-0.4, -0.2) is 25.5 Å². The highest BCUT2D eigenvalue weighted by Gasteiger charge is 2.47. The number of fused-ring (bicyclic) bond motifs is 1. The fraction of sp³-hybridized carbons (Fsp3) is 0.385. The monoisotopic (exact) mass is 266 g/mol. The van der Waals surface area contributed by atoms with Crippen molar-refractivity contribution in [3.05, 3.63) is 23.8 Å². The Morgan fingerprint density at radius 1 is 1.53 bits per heavy atom. The van der Waals surface area contributed by atoms with Gasteiger partial charge in [-0.2, -0.15) is 0 Å². The van der Waals surface area contributed by atoms with E-state index >= 15 is 0 Å². The van der Waals surface area contributed by atoms with Crippen LogP contribution in [0.3, 0.4) is 0 Å². The molecule has 1 atom stereocenters. The van der Waals surface area contributed by atoms with Gasteiger partial charge < -0.3 is 15.4 Å². The maximum Gasteiger partial charge on any atom is 0.266 e. The van der Waals surface area contributed by atoms with Gasteiger partial charge in [-0.25, -0.2) is 4.39 Å². The van der Waals surface area contributed by atoms with Crippen molar-refractivity contribution >= 4 is 17.5 Å². The first-order valence-electron chi connectivity index (χ1n) is 5.90. The number of rotatable bonds is 4. The average Bonchev–Trinajstić information content (AvgIpc) is 2.61. The van der Waals surface area contributed by atoms with Crippen LogP contribution in [0.2, 0.25) is 0 Å². The quantitative estimate of drug-likeness (QED) is 0.864. The summed E-state index contributed by atoms with van der Waals surface area (Å²) in [5.74, 6) is -0.481. The predicted octanol–water partition coefficient (Wildman–Crippen LogP) is 1.34. The van der Waals surface area contributed by atoms with Crippen LogP contribution in [0, 0.1) is 0 Å². The van der Waals surface area contributed by atoms with Crippen molar-refractivity contribution in [2.24, 2.45) is 0 Å². The van der Waals surface area contributed by atoms with Gasteiger partial charge in [-0.3, -0.25) is 9.59 Å². The number of hydrogen-bond donors (Lipinski definition) is 2. The summed E-state index contributed by atoms with van der Waals surface area (Å²) in [5.41, 5.74) is -1.44. The molecule has 0 bridgehead atoms. The molecule has 1 aliphatic heterocycles. The van der Waals surface area contributed by atoms with E-state index in [1.165, 1.54) is 20.1 Å². The van der Waals surface area contributed by atoms with E-state index in [2.05, 4.69) is 10.6 Å². The number of benzene rings is 1. The molecule has 0 radical (unpaired) electrons. The number of nitrogens with one attached hydrogen (secondary N) is 2. The number of alkyl halides is 1. The summed E-state index contributed by atoms with van der Waals surface area (Å²) < 4.78 is 19.9. The minimum Gasteiger partial charge on any atom is -0.497 e. The summed E-state index contributed by atoms with van der Waals surface area (Å²) in [5, 5.41) is 4.98. The summed E-state index contributed by atoms with van der Waals surface area (Å²) in [6, 6.07) is 4.76. The Balaban J connectivity index is 2.26. The van der Waals surface area contributed by atoms with E-state index in [0.717, 1.165) is 0 Å². The van der Waals surface area contributed by atoms with Crippen molar-refractivity contribution in [3.8, 4) is 5.75 Å². The summed E-state index contributed by atoms with van der Waals surface area (Å²) in [7, 11) is 1.48. The maximum absolute atomic E-state index is 14.8. The highest BCUT2D eigenvalue weighted by atomic mass is 19.1. The van der Waals surface area contributed by atoms with Crippen molar-refractivity contribution in [1.29, 1.82) is 0 Å². The molecular weight excluding hydrogens is 251 g/mol. The SMILES string of the molecule is COc1ccc2c(c1)C(F)(CCNC(C)=O)C(=O)N2. The molecule has 1 aromatic carbocycles. The Kier molecular flexibility index (Phi) is 3.42. The van der Waals surface area contributed by atoms with Gasteiger partial charge in [-0.15, -0.1) is 0 Å². The van der Waals surface area contributed by atoms with Crippen LogP contribution < -0.4 is 15.4 Å². The van der Waals surface area contributed by atoms with Crippen LogP contribution in [0.1, 0.15) is 18.9 Å². The fourth-order valence-corrected chi connectivity index (χ4v) is 2.09. The number of carbonyl (C=O) groups is 2. The molecule has 0 aliphatic carbocycles. The molecule has 1 aliphatic rings. The van der Waals surface area contributed by atoms with Crippen molar-refractivity contribution in [2.45, 2.75) is 19.0 Å². The average molecular weight is 266 g/mol. The highest BCUT2D eigenvalue weighted by Crippen LogP contribution is 2.42. The van der Waals surface area contributed by atoms with Gasteiger partial charge in [0.1, 0.15) is 5.75 Å². The van der Waals surface area contributed by atoms with Crippen LogP contribution in [0.15, 0.2) is 18.2 Å². The topological polar surface area (TPSA) is 67.4 Å². The first-order chi connectivity index (χ1) is 8.97. The third-order valence-electron chi connectivity index (χ3n) is 3.11. The Labute approximate surface area is 110 Å². The molecule has 102 valence electrons. The van der Waals surface area contributed by atoms with Gasteiger partial charge in [-0.05, 0) is 18.2 Å². The molecule has 0 saturated carbocycles. The molecule has 1 unspecified atom stereocenters. The van der Waals surface area contributed by atoms with Gasteiger partial charge in [0, 0.05) is 31.1 Å². The van der Waals surface area contributed by atoms with Gasteiger partial charge >= 0.3 is 0 Å². The maximum atomic E-state index is 14.8. The molecule has 2 amide bonds. The second kappa shape index (κ2) is 4.87. The van der Waals surface area contributed by atoms with E-state index in [-0.39, 0.29) is 24.4 Å². The minimum absolute atomic E-state index is 0.0932. The van der Waals surface area contributed by atoms with Gasteiger partial charge in [-0.1, -0.05) is 0 Å². The van der Waals surface area contributed by atoms with Crippen molar-refractivity contribution in [1.82, 2.24) is 5.32 Å². The van der Waals surface area contributed by atoms with E-state index in [4.69, 9.17) is 4.74 Å². The Hall–Kier alpha value is -2.11. The number of hydrogen-bond acceptors (Lipinski definition) is 3. The first-order valence-corrected chi connectivity index (χ1v) is 5.90. The number of ether oxygens (including phenoxy) is 1. The van der Waals surface area contributed by atoms with Crippen molar-refractivity contribution in [2.75, 3.05) is 19.0 Å².